The summed E-state index contributed by atoms with van der Waals surface area (Å²) in [6.45, 7) is 3.96. The van der Waals surface area contributed by atoms with Crippen LogP contribution < -0.4 is 5.32 Å². The minimum atomic E-state index is -0.498. The van der Waals surface area contributed by atoms with E-state index in [-0.39, 0.29) is 11.5 Å². The second-order valence-electron chi connectivity index (χ2n) is 4.16. The third-order valence-electron chi connectivity index (χ3n) is 2.93. The summed E-state index contributed by atoms with van der Waals surface area (Å²) < 4.78 is 1.53. The molecule has 2 aromatic rings. The van der Waals surface area contributed by atoms with Crippen LogP contribution in [0.3, 0.4) is 0 Å². The lowest BCUT2D eigenvalue weighted by Gasteiger charge is -2.07. The van der Waals surface area contributed by atoms with Crippen molar-refractivity contribution in [2.45, 2.75) is 26.7 Å². The minimum Gasteiger partial charge on any atom is -0.357 e. The largest absolute Gasteiger partial charge is 0.357 e. The highest BCUT2D eigenvalue weighted by atomic mass is 16.6. The van der Waals surface area contributed by atoms with Crippen LogP contribution >= 0.6 is 0 Å². The summed E-state index contributed by atoms with van der Waals surface area (Å²) in [7, 11) is 1.66. The average Bonchev–Trinajstić information content (AvgIpc) is 2.89. The van der Waals surface area contributed by atoms with Gasteiger partial charge in [-0.05, 0) is 18.9 Å². The molecule has 0 bridgehead atoms. The van der Waals surface area contributed by atoms with Gasteiger partial charge in [-0.25, -0.2) is 9.67 Å². The standard InChI is InChI=1S/C12H16N6O2/c1-4-8-6-9(5-2)17(16-8)11-10(18(19)20)7-14-12(13-3)15-11/h6-7H,4-5H2,1-3H3,(H,13,14,15). The monoisotopic (exact) mass is 276 g/mol. The molecule has 0 spiro atoms. The van der Waals surface area contributed by atoms with Crippen molar-refractivity contribution >= 4 is 11.6 Å². The summed E-state index contributed by atoms with van der Waals surface area (Å²) in [5, 5.41) is 18.3. The van der Waals surface area contributed by atoms with E-state index in [4.69, 9.17) is 0 Å². The number of nitrogens with one attached hydrogen (secondary N) is 1. The topological polar surface area (TPSA) is 98.8 Å². The molecule has 8 nitrogen and oxygen atoms in total. The summed E-state index contributed by atoms with van der Waals surface area (Å²) in [4.78, 5) is 18.7. The lowest BCUT2D eigenvalue weighted by molar-refractivity contribution is -0.385. The lowest BCUT2D eigenvalue weighted by atomic mass is 10.2. The van der Waals surface area contributed by atoms with Gasteiger partial charge in [-0.1, -0.05) is 13.8 Å². The molecule has 106 valence electrons. The van der Waals surface area contributed by atoms with E-state index in [1.165, 1.54) is 10.9 Å². The first-order chi connectivity index (χ1) is 9.60. The maximum atomic E-state index is 11.1. The highest BCUT2D eigenvalue weighted by molar-refractivity contribution is 5.49. The average molecular weight is 276 g/mol. The van der Waals surface area contributed by atoms with Gasteiger partial charge in [-0.15, -0.1) is 0 Å². The number of hydrogen-bond donors (Lipinski definition) is 1. The molecule has 20 heavy (non-hydrogen) atoms. The highest BCUT2D eigenvalue weighted by Crippen LogP contribution is 2.23. The number of aryl methyl sites for hydroxylation is 2. The smallest absolute Gasteiger partial charge is 0.332 e. The predicted octanol–water partition coefficient (Wildman–Crippen LogP) is 1.74. The Labute approximate surface area is 116 Å². The van der Waals surface area contributed by atoms with Gasteiger partial charge in [0, 0.05) is 12.7 Å². The number of nitrogens with zero attached hydrogens (tertiary/aromatic N) is 5. The molecule has 0 aliphatic heterocycles. The quantitative estimate of drug-likeness (QED) is 0.659. The van der Waals surface area contributed by atoms with Gasteiger partial charge in [-0.3, -0.25) is 10.1 Å². The normalized spacial score (nSPS) is 10.6. The molecule has 0 radical (unpaired) electrons. The Morgan fingerprint density at radius 1 is 1.40 bits per heavy atom. The Balaban J connectivity index is 2.66. The zero-order valence-electron chi connectivity index (χ0n) is 11.6. The first-order valence-electron chi connectivity index (χ1n) is 6.38. The maximum absolute atomic E-state index is 11.1. The summed E-state index contributed by atoms with van der Waals surface area (Å²) in [5.74, 6) is 0.507. The highest BCUT2D eigenvalue weighted by Gasteiger charge is 2.21. The van der Waals surface area contributed by atoms with Crippen LogP contribution in [0.2, 0.25) is 0 Å². The Hall–Kier alpha value is -2.51. The number of anilines is 1. The van der Waals surface area contributed by atoms with Crippen LogP contribution in [0.4, 0.5) is 11.6 Å². The van der Waals surface area contributed by atoms with Crippen LogP contribution in [0.25, 0.3) is 5.82 Å². The third kappa shape index (κ3) is 2.44. The first kappa shape index (κ1) is 13.9. The Morgan fingerprint density at radius 3 is 2.70 bits per heavy atom. The van der Waals surface area contributed by atoms with Crippen molar-refractivity contribution in [3.8, 4) is 5.82 Å². The molecule has 0 amide bonds. The number of rotatable bonds is 5. The zero-order valence-corrected chi connectivity index (χ0v) is 11.6. The van der Waals surface area contributed by atoms with Gasteiger partial charge in [0.25, 0.3) is 0 Å². The van der Waals surface area contributed by atoms with Crippen molar-refractivity contribution in [1.29, 1.82) is 0 Å². The molecule has 2 rings (SSSR count). The van der Waals surface area contributed by atoms with E-state index in [2.05, 4.69) is 20.4 Å². The second kappa shape index (κ2) is 5.64. The molecule has 0 saturated heterocycles. The number of hydrogen-bond acceptors (Lipinski definition) is 6. The molecular formula is C12H16N6O2. The maximum Gasteiger partial charge on any atom is 0.332 e. The van der Waals surface area contributed by atoms with Crippen molar-refractivity contribution in [1.82, 2.24) is 19.7 Å². The molecular weight excluding hydrogens is 260 g/mol. The SMILES string of the molecule is CCc1cc(CC)n(-c2nc(NC)ncc2[N+](=O)[O-])n1. The van der Waals surface area contributed by atoms with Gasteiger partial charge in [0.1, 0.15) is 6.20 Å². The van der Waals surface area contributed by atoms with Crippen LogP contribution in [-0.2, 0) is 12.8 Å². The van der Waals surface area contributed by atoms with Crippen LogP contribution in [0.5, 0.6) is 0 Å². The first-order valence-corrected chi connectivity index (χ1v) is 6.38. The van der Waals surface area contributed by atoms with E-state index in [0.29, 0.717) is 12.4 Å². The molecule has 2 heterocycles. The molecule has 0 aliphatic carbocycles. The van der Waals surface area contributed by atoms with E-state index in [1.54, 1.807) is 7.05 Å². The predicted molar refractivity (Wildman–Crippen MR) is 74.1 cm³/mol. The molecule has 8 heteroatoms. The van der Waals surface area contributed by atoms with Crippen molar-refractivity contribution in [3.63, 3.8) is 0 Å². The van der Waals surface area contributed by atoms with Crippen molar-refractivity contribution in [2.75, 3.05) is 12.4 Å². The Morgan fingerprint density at radius 2 is 2.15 bits per heavy atom. The van der Waals surface area contributed by atoms with Crippen molar-refractivity contribution < 1.29 is 4.92 Å². The summed E-state index contributed by atoms with van der Waals surface area (Å²) in [5.41, 5.74) is 1.59. The molecule has 0 aliphatic rings. The van der Waals surface area contributed by atoms with E-state index in [1.807, 2.05) is 19.9 Å². The summed E-state index contributed by atoms with van der Waals surface area (Å²) in [6, 6.07) is 1.94. The zero-order chi connectivity index (χ0) is 14.7. The van der Waals surface area contributed by atoms with Gasteiger partial charge in [0.2, 0.25) is 11.8 Å². The molecule has 0 atom stereocenters. The lowest BCUT2D eigenvalue weighted by Crippen LogP contribution is -2.10. The fourth-order valence-corrected chi connectivity index (χ4v) is 1.85. The van der Waals surface area contributed by atoms with Crippen LogP contribution in [-0.4, -0.2) is 31.7 Å². The van der Waals surface area contributed by atoms with Gasteiger partial charge in [-0.2, -0.15) is 10.1 Å². The fourth-order valence-electron chi connectivity index (χ4n) is 1.85. The van der Waals surface area contributed by atoms with Crippen LogP contribution in [0.15, 0.2) is 12.3 Å². The molecule has 1 N–H and O–H groups in total. The summed E-state index contributed by atoms with van der Waals surface area (Å²) >= 11 is 0. The third-order valence-corrected chi connectivity index (χ3v) is 2.93. The Kier molecular flexibility index (Phi) is 3.92. The number of aromatic nitrogens is 4. The Bertz CT molecular complexity index is 637. The number of nitro groups is 1. The van der Waals surface area contributed by atoms with E-state index < -0.39 is 4.92 Å². The van der Waals surface area contributed by atoms with Crippen molar-refractivity contribution in [2.24, 2.45) is 0 Å². The molecule has 2 aromatic heterocycles. The van der Waals surface area contributed by atoms with Gasteiger partial charge in [0.05, 0.1) is 10.6 Å². The van der Waals surface area contributed by atoms with Gasteiger partial charge >= 0.3 is 5.69 Å². The summed E-state index contributed by atoms with van der Waals surface area (Å²) in [6.07, 6.45) is 2.67. The van der Waals surface area contributed by atoms with Gasteiger partial charge < -0.3 is 5.32 Å². The van der Waals surface area contributed by atoms with Crippen LogP contribution in [0, 0.1) is 10.1 Å². The minimum absolute atomic E-state index is 0.163. The molecule has 0 aromatic carbocycles. The van der Waals surface area contributed by atoms with Gasteiger partial charge in [0.15, 0.2) is 0 Å². The molecule has 0 saturated carbocycles. The van der Waals surface area contributed by atoms with Crippen molar-refractivity contribution in [3.05, 3.63) is 33.8 Å². The molecule has 0 unspecified atom stereocenters. The van der Waals surface area contributed by atoms with E-state index >= 15 is 0 Å². The van der Waals surface area contributed by atoms with Crippen LogP contribution in [0.1, 0.15) is 25.2 Å². The molecule has 0 fully saturated rings. The van der Waals surface area contributed by atoms with E-state index in [9.17, 15) is 10.1 Å². The fraction of sp³-hybridized carbons (Fsp3) is 0.417. The van der Waals surface area contributed by atoms with E-state index in [0.717, 1.165) is 17.8 Å². The second-order valence-corrected chi connectivity index (χ2v) is 4.16.